The summed E-state index contributed by atoms with van der Waals surface area (Å²) in [6.07, 6.45) is 4.23. The number of aromatic nitrogens is 2. The maximum atomic E-state index is 9.16. The van der Waals surface area contributed by atoms with Crippen LogP contribution < -0.4 is 15.5 Å². The minimum atomic E-state index is 0.329. The van der Waals surface area contributed by atoms with Crippen LogP contribution in [-0.4, -0.2) is 35.1 Å². The second-order valence-electron chi connectivity index (χ2n) is 9.87. The zero-order valence-corrected chi connectivity index (χ0v) is 19.6. The van der Waals surface area contributed by atoms with Crippen molar-refractivity contribution in [2.75, 3.05) is 23.3 Å². The SMILES string of the molecule is CCCc1cc(N2CC[C@H](NC(C)CC(C)(C)C)C2)nc(Nc2cccc(C#N)c2)n1. The van der Waals surface area contributed by atoms with Gasteiger partial charge >= 0.3 is 0 Å². The van der Waals surface area contributed by atoms with Gasteiger partial charge in [0.2, 0.25) is 5.95 Å². The number of nitrogens with zero attached hydrogens (tertiary/aromatic N) is 4. The lowest BCUT2D eigenvalue weighted by atomic mass is 9.88. The molecule has 1 fully saturated rings. The molecule has 0 aliphatic carbocycles. The quantitative estimate of drug-likeness (QED) is 0.623. The van der Waals surface area contributed by atoms with E-state index in [1.807, 2.05) is 18.2 Å². The number of benzene rings is 1. The van der Waals surface area contributed by atoms with Gasteiger partial charge in [0.05, 0.1) is 11.6 Å². The summed E-state index contributed by atoms with van der Waals surface area (Å²) in [5.41, 5.74) is 2.82. The van der Waals surface area contributed by atoms with Gasteiger partial charge in [-0.05, 0) is 49.8 Å². The highest BCUT2D eigenvalue weighted by Gasteiger charge is 2.26. The molecule has 0 bridgehead atoms. The highest BCUT2D eigenvalue weighted by atomic mass is 15.3. The van der Waals surface area contributed by atoms with E-state index in [-0.39, 0.29) is 0 Å². The van der Waals surface area contributed by atoms with Crippen LogP contribution in [0.2, 0.25) is 0 Å². The standard InChI is InChI=1S/C25H36N6/c1-6-8-20-14-23(30-24(28-20)29-21-10-7-9-19(13-21)16-26)31-12-11-22(17-31)27-18(2)15-25(3,4)5/h7,9-10,13-14,18,22,27H,6,8,11-12,15,17H2,1-5H3,(H,28,29,30)/t18?,22-/m0/s1. The van der Waals surface area contributed by atoms with Crippen molar-refractivity contribution < 1.29 is 0 Å². The molecule has 1 saturated heterocycles. The van der Waals surface area contributed by atoms with E-state index in [0.29, 0.717) is 29.0 Å². The number of nitrogens with one attached hydrogen (secondary N) is 2. The second-order valence-corrected chi connectivity index (χ2v) is 9.87. The van der Waals surface area contributed by atoms with E-state index in [9.17, 15) is 0 Å². The highest BCUT2D eigenvalue weighted by Crippen LogP contribution is 2.25. The Morgan fingerprint density at radius 2 is 2.06 bits per heavy atom. The van der Waals surface area contributed by atoms with Crippen LogP contribution in [0.4, 0.5) is 17.5 Å². The average molecular weight is 421 g/mol. The fourth-order valence-corrected chi connectivity index (χ4v) is 4.37. The fraction of sp³-hybridized carbons (Fsp3) is 0.560. The Balaban J connectivity index is 1.72. The Morgan fingerprint density at radius 1 is 1.26 bits per heavy atom. The molecule has 0 saturated carbocycles. The molecule has 1 aromatic heterocycles. The first-order chi connectivity index (χ1) is 14.8. The average Bonchev–Trinajstić information content (AvgIpc) is 3.15. The molecule has 2 aromatic rings. The molecular weight excluding hydrogens is 384 g/mol. The predicted octanol–water partition coefficient (Wildman–Crippen LogP) is 5.04. The lowest BCUT2D eigenvalue weighted by molar-refractivity contribution is 0.305. The van der Waals surface area contributed by atoms with Crippen molar-refractivity contribution in [3.63, 3.8) is 0 Å². The molecule has 31 heavy (non-hydrogen) atoms. The van der Waals surface area contributed by atoms with Gasteiger partial charge in [0.25, 0.3) is 0 Å². The van der Waals surface area contributed by atoms with Gasteiger partial charge in [0.15, 0.2) is 0 Å². The zero-order chi connectivity index (χ0) is 22.4. The summed E-state index contributed by atoms with van der Waals surface area (Å²) in [6, 6.07) is 12.7. The summed E-state index contributed by atoms with van der Waals surface area (Å²) in [5, 5.41) is 16.3. The zero-order valence-electron chi connectivity index (χ0n) is 19.6. The van der Waals surface area contributed by atoms with Crippen molar-refractivity contribution in [2.45, 2.75) is 72.4 Å². The first kappa shape index (κ1) is 23.0. The third kappa shape index (κ3) is 6.93. The Hall–Kier alpha value is -2.65. The summed E-state index contributed by atoms with van der Waals surface area (Å²) in [7, 11) is 0. The van der Waals surface area contributed by atoms with E-state index in [1.54, 1.807) is 6.07 Å². The number of nitriles is 1. The van der Waals surface area contributed by atoms with Gasteiger partial charge in [0, 0.05) is 42.6 Å². The molecule has 0 radical (unpaired) electrons. The summed E-state index contributed by atoms with van der Waals surface area (Å²) in [6.45, 7) is 13.3. The summed E-state index contributed by atoms with van der Waals surface area (Å²) in [4.78, 5) is 11.9. The Bertz CT molecular complexity index is 911. The molecule has 1 unspecified atom stereocenters. The van der Waals surface area contributed by atoms with Gasteiger partial charge in [-0.15, -0.1) is 0 Å². The van der Waals surface area contributed by atoms with Gasteiger partial charge in [0.1, 0.15) is 5.82 Å². The largest absolute Gasteiger partial charge is 0.355 e. The molecule has 1 aliphatic heterocycles. The topological polar surface area (TPSA) is 76.9 Å². The van der Waals surface area contributed by atoms with Crippen LogP contribution in [0.25, 0.3) is 0 Å². The summed E-state index contributed by atoms with van der Waals surface area (Å²) < 4.78 is 0. The highest BCUT2D eigenvalue weighted by molar-refractivity contribution is 5.58. The van der Waals surface area contributed by atoms with Crippen LogP contribution >= 0.6 is 0 Å². The van der Waals surface area contributed by atoms with E-state index in [4.69, 9.17) is 15.2 Å². The molecule has 6 heteroatoms. The van der Waals surface area contributed by atoms with Crippen LogP contribution in [0.1, 0.15) is 65.1 Å². The van der Waals surface area contributed by atoms with Gasteiger partial charge in [-0.3, -0.25) is 0 Å². The van der Waals surface area contributed by atoms with Crippen molar-refractivity contribution in [2.24, 2.45) is 5.41 Å². The Labute approximate surface area is 187 Å². The third-order valence-electron chi connectivity index (χ3n) is 5.47. The number of anilines is 3. The normalized spacial score (nSPS) is 17.4. The van der Waals surface area contributed by atoms with E-state index in [0.717, 1.165) is 56.0 Å². The number of rotatable bonds is 8. The molecule has 2 heterocycles. The Kier molecular flexibility index (Phi) is 7.50. The molecule has 2 N–H and O–H groups in total. The summed E-state index contributed by atoms with van der Waals surface area (Å²) >= 11 is 0. The van der Waals surface area contributed by atoms with Crippen molar-refractivity contribution in [1.82, 2.24) is 15.3 Å². The van der Waals surface area contributed by atoms with Crippen LogP contribution in [0, 0.1) is 16.7 Å². The fourth-order valence-electron chi connectivity index (χ4n) is 4.37. The number of hydrogen-bond acceptors (Lipinski definition) is 6. The van der Waals surface area contributed by atoms with Crippen molar-refractivity contribution >= 4 is 17.5 Å². The maximum Gasteiger partial charge on any atom is 0.229 e. The molecule has 3 rings (SSSR count). The monoisotopic (exact) mass is 420 g/mol. The van der Waals surface area contributed by atoms with Gasteiger partial charge in [-0.1, -0.05) is 40.2 Å². The van der Waals surface area contributed by atoms with Crippen molar-refractivity contribution in [1.29, 1.82) is 5.26 Å². The van der Waals surface area contributed by atoms with Crippen LogP contribution in [0.5, 0.6) is 0 Å². The minimum absolute atomic E-state index is 0.329. The van der Waals surface area contributed by atoms with E-state index in [2.05, 4.69) is 62.3 Å². The molecule has 0 amide bonds. The number of hydrogen-bond donors (Lipinski definition) is 2. The second kappa shape index (κ2) is 10.1. The van der Waals surface area contributed by atoms with E-state index < -0.39 is 0 Å². The molecule has 1 aromatic carbocycles. The van der Waals surface area contributed by atoms with E-state index in [1.165, 1.54) is 0 Å². The molecule has 0 spiro atoms. The Morgan fingerprint density at radius 3 is 2.77 bits per heavy atom. The molecular formula is C25H36N6. The molecule has 1 aliphatic rings. The smallest absolute Gasteiger partial charge is 0.229 e. The molecule has 2 atom stereocenters. The van der Waals surface area contributed by atoms with Crippen molar-refractivity contribution in [3.8, 4) is 6.07 Å². The first-order valence-corrected chi connectivity index (χ1v) is 11.4. The lowest BCUT2D eigenvalue weighted by Gasteiger charge is -2.27. The number of aryl methyl sites for hydroxylation is 1. The van der Waals surface area contributed by atoms with Crippen LogP contribution in [0.3, 0.4) is 0 Å². The van der Waals surface area contributed by atoms with E-state index >= 15 is 0 Å². The molecule has 6 nitrogen and oxygen atoms in total. The first-order valence-electron chi connectivity index (χ1n) is 11.4. The van der Waals surface area contributed by atoms with Crippen molar-refractivity contribution in [3.05, 3.63) is 41.6 Å². The van der Waals surface area contributed by atoms with Crippen LogP contribution in [0.15, 0.2) is 30.3 Å². The van der Waals surface area contributed by atoms with Crippen LogP contribution in [-0.2, 0) is 6.42 Å². The van der Waals surface area contributed by atoms with Gasteiger partial charge < -0.3 is 15.5 Å². The van der Waals surface area contributed by atoms with Gasteiger partial charge in [-0.2, -0.15) is 10.2 Å². The van der Waals surface area contributed by atoms with Gasteiger partial charge in [-0.25, -0.2) is 4.98 Å². The maximum absolute atomic E-state index is 9.16. The lowest BCUT2D eigenvalue weighted by Crippen LogP contribution is -2.40. The third-order valence-corrected chi connectivity index (χ3v) is 5.47. The molecule has 166 valence electrons. The predicted molar refractivity (Wildman–Crippen MR) is 128 cm³/mol. The minimum Gasteiger partial charge on any atom is -0.355 e. The summed E-state index contributed by atoms with van der Waals surface area (Å²) in [5.74, 6) is 1.57.